The number of nitrogens with zero attached hydrogens (tertiary/aromatic N) is 2. The summed E-state index contributed by atoms with van der Waals surface area (Å²) in [6, 6.07) is 7.45. The van der Waals surface area contributed by atoms with Gasteiger partial charge in [-0.2, -0.15) is 0 Å². The molecule has 0 N–H and O–H groups in total. The third-order valence-corrected chi connectivity index (χ3v) is 3.23. The van der Waals surface area contributed by atoms with Gasteiger partial charge in [-0.25, -0.2) is 4.79 Å². The van der Waals surface area contributed by atoms with E-state index >= 15 is 0 Å². The fourth-order valence-electron chi connectivity index (χ4n) is 1.97. The van der Waals surface area contributed by atoms with Crippen LogP contribution in [-0.2, 0) is 4.74 Å². The largest absolute Gasteiger partial charge is 0.450 e. The molecule has 1 aromatic carbocycles. The minimum Gasteiger partial charge on any atom is -0.450 e. The van der Waals surface area contributed by atoms with E-state index in [1.807, 2.05) is 31.2 Å². The van der Waals surface area contributed by atoms with Gasteiger partial charge in [0.2, 0.25) is 0 Å². The maximum Gasteiger partial charge on any atom is 0.409 e. The number of hydrogen-bond acceptors (Lipinski definition) is 3. The Bertz CT molecular complexity index is 461. The van der Waals surface area contributed by atoms with E-state index in [1.54, 1.807) is 4.90 Å². The molecular formula is C14H17ClN2O2. The Morgan fingerprint density at radius 1 is 1.32 bits per heavy atom. The second-order valence-electron chi connectivity index (χ2n) is 4.34. The van der Waals surface area contributed by atoms with Crippen molar-refractivity contribution in [1.82, 2.24) is 4.90 Å². The Labute approximate surface area is 118 Å². The molecule has 102 valence electrons. The third-order valence-electron chi connectivity index (χ3n) is 2.98. The highest BCUT2D eigenvalue weighted by Crippen LogP contribution is 2.19. The number of carbonyl (C=O) groups is 1. The Morgan fingerprint density at radius 2 is 1.95 bits per heavy atom. The standard InChI is InChI=1S/C14H17ClN2O2/c1-2-19-14(18)17-9-7-13(8-10-17)16-12-5-3-11(15)4-6-12/h3-6H,2,7-10H2,1H3. The number of carbonyl (C=O) groups excluding carboxylic acids is 1. The Hall–Kier alpha value is -1.55. The van der Waals surface area contributed by atoms with E-state index in [9.17, 15) is 4.79 Å². The average molecular weight is 281 g/mol. The highest BCUT2D eigenvalue weighted by atomic mass is 35.5. The molecule has 0 aromatic heterocycles. The summed E-state index contributed by atoms with van der Waals surface area (Å²) in [6.07, 6.45) is 1.36. The molecule has 0 saturated carbocycles. The second-order valence-corrected chi connectivity index (χ2v) is 4.78. The van der Waals surface area contributed by atoms with Gasteiger partial charge in [-0.15, -0.1) is 0 Å². The molecule has 0 radical (unpaired) electrons. The predicted molar refractivity (Wildman–Crippen MR) is 76.4 cm³/mol. The summed E-state index contributed by atoms with van der Waals surface area (Å²) < 4.78 is 4.98. The Balaban J connectivity index is 1.92. The predicted octanol–water partition coefficient (Wildman–Crippen LogP) is 3.66. The van der Waals surface area contributed by atoms with Gasteiger partial charge in [0.05, 0.1) is 12.3 Å². The SMILES string of the molecule is CCOC(=O)N1CCC(=Nc2ccc(Cl)cc2)CC1. The maximum atomic E-state index is 11.5. The monoisotopic (exact) mass is 280 g/mol. The van der Waals surface area contributed by atoms with Gasteiger partial charge in [-0.3, -0.25) is 4.99 Å². The molecular weight excluding hydrogens is 264 g/mol. The van der Waals surface area contributed by atoms with Crippen LogP contribution in [0, 0.1) is 0 Å². The fourth-order valence-corrected chi connectivity index (χ4v) is 2.10. The first kappa shape index (κ1) is 13.9. The smallest absolute Gasteiger partial charge is 0.409 e. The highest BCUT2D eigenvalue weighted by molar-refractivity contribution is 6.30. The summed E-state index contributed by atoms with van der Waals surface area (Å²) in [4.78, 5) is 17.9. The summed E-state index contributed by atoms with van der Waals surface area (Å²) >= 11 is 5.83. The first-order valence-electron chi connectivity index (χ1n) is 6.42. The highest BCUT2D eigenvalue weighted by Gasteiger charge is 2.20. The molecule has 0 unspecified atom stereocenters. The molecule has 5 heteroatoms. The van der Waals surface area contributed by atoms with Crippen LogP contribution in [-0.4, -0.2) is 36.4 Å². The molecule has 1 fully saturated rings. The number of likely N-dealkylation sites (tertiary alicyclic amines) is 1. The quantitative estimate of drug-likeness (QED) is 0.829. The minimum atomic E-state index is -0.229. The molecule has 0 aliphatic carbocycles. The number of hydrogen-bond donors (Lipinski definition) is 0. The van der Waals surface area contributed by atoms with Crippen LogP contribution in [0.15, 0.2) is 29.3 Å². The second kappa shape index (κ2) is 6.57. The zero-order valence-corrected chi connectivity index (χ0v) is 11.7. The van der Waals surface area contributed by atoms with E-state index in [0.29, 0.717) is 24.7 Å². The summed E-state index contributed by atoms with van der Waals surface area (Å²) in [5, 5.41) is 0.709. The fraction of sp³-hybridized carbons (Fsp3) is 0.429. The summed E-state index contributed by atoms with van der Waals surface area (Å²) in [7, 11) is 0. The van der Waals surface area contributed by atoms with Gasteiger partial charge in [0, 0.05) is 36.7 Å². The van der Waals surface area contributed by atoms with Crippen molar-refractivity contribution in [2.75, 3.05) is 19.7 Å². The van der Waals surface area contributed by atoms with Crippen LogP contribution in [0.3, 0.4) is 0 Å². The van der Waals surface area contributed by atoms with E-state index in [2.05, 4.69) is 4.99 Å². The van der Waals surface area contributed by atoms with Crippen molar-refractivity contribution in [1.29, 1.82) is 0 Å². The molecule has 1 aliphatic heterocycles. The molecule has 1 amide bonds. The van der Waals surface area contributed by atoms with E-state index in [4.69, 9.17) is 16.3 Å². The van der Waals surface area contributed by atoms with Crippen molar-refractivity contribution in [3.8, 4) is 0 Å². The normalized spacial score (nSPS) is 15.3. The maximum absolute atomic E-state index is 11.5. The van der Waals surface area contributed by atoms with Crippen LogP contribution >= 0.6 is 11.6 Å². The molecule has 1 heterocycles. The lowest BCUT2D eigenvalue weighted by Gasteiger charge is -2.26. The van der Waals surface area contributed by atoms with Crippen LogP contribution in [0.5, 0.6) is 0 Å². The number of halogens is 1. The lowest BCUT2D eigenvalue weighted by molar-refractivity contribution is 0.107. The van der Waals surface area contributed by atoms with E-state index in [0.717, 1.165) is 24.2 Å². The minimum absolute atomic E-state index is 0.229. The van der Waals surface area contributed by atoms with Crippen molar-refractivity contribution in [2.45, 2.75) is 19.8 Å². The van der Waals surface area contributed by atoms with Crippen molar-refractivity contribution in [2.24, 2.45) is 4.99 Å². The van der Waals surface area contributed by atoms with Gasteiger partial charge < -0.3 is 9.64 Å². The molecule has 2 rings (SSSR count). The number of piperidine rings is 1. The van der Waals surface area contributed by atoms with E-state index in [1.165, 1.54) is 0 Å². The van der Waals surface area contributed by atoms with Gasteiger partial charge in [0.1, 0.15) is 0 Å². The van der Waals surface area contributed by atoms with Crippen molar-refractivity contribution in [3.63, 3.8) is 0 Å². The molecule has 0 atom stereocenters. The van der Waals surface area contributed by atoms with Gasteiger partial charge in [-0.1, -0.05) is 11.6 Å². The van der Waals surface area contributed by atoms with Crippen LogP contribution in [0.2, 0.25) is 5.02 Å². The molecule has 4 nitrogen and oxygen atoms in total. The average Bonchev–Trinajstić information content (AvgIpc) is 2.42. The van der Waals surface area contributed by atoms with Gasteiger partial charge in [0.25, 0.3) is 0 Å². The van der Waals surface area contributed by atoms with Crippen LogP contribution < -0.4 is 0 Å². The summed E-state index contributed by atoms with van der Waals surface area (Å²) in [5.41, 5.74) is 2.02. The number of aliphatic imine (C=N–C) groups is 1. The zero-order chi connectivity index (χ0) is 13.7. The van der Waals surface area contributed by atoms with Crippen LogP contribution in [0.1, 0.15) is 19.8 Å². The lowest BCUT2D eigenvalue weighted by atomic mass is 10.1. The number of rotatable bonds is 2. The van der Waals surface area contributed by atoms with E-state index in [-0.39, 0.29) is 6.09 Å². The van der Waals surface area contributed by atoms with Crippen molar-refractivity contribution in [3.05, 3.63) is 29.3 Å². The summed E-state index contributed by atoms with van der Waals surface area (Å²) in [6.45, 7) is 3.58. The topological polar surface area (TPSA) is 41.9 Å². The first-order valence-corrected chi connectivity index (χ1v) is 6.80. The van der Waals surface area contributed by atoms with Gasteiger partial charge >= 0.3 is 6.09 Å². The number of ether oxygens (including phenoxy) is 1. The zero-order valence-electron chi connectivity index (χ0n) is 10.9. The molecule has 1 aliphatic rings. The molecule has 0 bridgehead atoms. The molecule has 1 aromatic rings. The molecule has 19 heavy (non-hydrogen) atoms. The van der Waals surface area contributed by atoms with Crippen LogP contribution in [0.25, 0.3) is 0 Å². The third kappa shape index (κ3) is 3.96. The molecule has 1 saturated heterocycles. The Kier molecular flexibility index (Phi) is 4.80. The molecule has 0 spiro atoms. The van der Waals surface area contributed by atoms with Gasteiger partial charge in [-0.05, 0) is 31.2 Å². The number of benzene rings is 1. The van der Waals surface area contributed by atoms with Crippen molar-refractivity contribution < 1.29 is 9.53 Å². The number of amides is 1. The first-order chi connectivity index (χ1) is 9.19. The van der Waals surface area contributed by atoms with Crippen molar-refractivity contribution >= 4 is 29.1 Å². The lowest BCUT2D eigenvalue weighted by Crippen LogP contribution is -2.38. The summed E-state index contributed by atoms with van der Waals surface area (Å²) in [5.74, 6) is 0. The van der Waals surface area contributed by atoms with Gasteiger partial charge in [0.15, 0.2) is 0 Å². The van der Waals surface area contributed by atoms with E-state index < -0.39 is 0 Å². The Morgan fingerprint density at radius 3 is 2.53 bits per heavy atom. The van der Waals surface area contributed by atoms with Crippen LogP contribution in [0.4, 0.5) is 10.5 Å².